The summed E-state index contributed by atoms with van der Waals surface area (Å²) in [5.41, 5.74) is 3.82. The van der Waals surface area contributed by atoms with E-state index in [-0.39, 0.29) is 24.5 Å². The van der Waals surface area contributed by atoms with E-state index in [0.29, 0.717) is 18.8 Å². The Hall–Kier alpha value is -2.04. The predicted octanol–water partition coefficient (Wildman–Crippen LogP) is 9.04. The molecule has 1 aromatic carbocycles. The minimum absolute atomic E-state index is 0.198. The lowest BCUT2D eigenvalue weighted by molar-refractivity contribution is -0.145. The third-order valence-corrected chi connectivity index (χ3v) is 7.93. The molecule has 0 aliphatic carbocycles. The van der Waals surface area contributed by atoms with Crippen molar-refractivity contribution in [1.82, 2.24) is 0 Å². The first-order valence-corrected chi connectivity index (χ1v) is 15.5. The Kier molecular flexibility index (Phi) is 15.5. The highest BCUT2D eigenvalue weighted by molar-refractivity contribution is 5.73. The summed E-state index contributed by atoms with van der Waals surface area (Å²) in [5, 5.41) is 0. The molecule has 5 nitrogen and oxygen atoms in total. The quantitative estimate of drug-likeness (QED) is 0.0956. The van der Waals surface area contributed by atoms with Crippen LogP contribution in [0.4, 0.5) is 0 Å². The second-order valence-electron chi connectivity index (χ2n) is 11.3. The third-order valence-electron chi connectivity index (χ3n) is 7.93. The first-order chi connectivity index (χ1) is 18.3. The monoisotopic (exact) mass is 530 g/mol. The lowest BCUT2D eigenvalue weighted by Gasteiger charge is -2.16. The molecule has 5 heteroatoms. The zero-order valence-electron chi connectivity index (χ0n) is 25.1. The lowest BCUT2D eigenvalue weighted by Crippen LogP contribution is -2.20. The molecule has 1 aliphatic rings. The number of esters is 2. The van der Waals surface area contributed by atoms with Gasteiger partial charge >= 0.3 is 11.9 Å². The van der Waals surface area contributed by atoms with Gasteiger partial charge in [0, 0.05) is 18.9 Å². The van der Waals surface area contributed by atoms with Crippen LogP contribution in [0.1, 0.15) is 145 Å². The number of benzene rings is 1. The maximum Gasteiger partial charge on any atom is 0.309 e. The standard InChI is InChI=1S/C33H54O5/c1-6-7-8-9-10-11-12-13-14-15-16-17-18-19-20-21-22-36-31(35)24-29-23-30-27(4)32(37-28(5)34)25(2)26(3)33(30)38-29/h29H,6-24H2,1-5H3. The smallest absolute Gasteiger partial charge is 0.309 e. The summed E-state index contributed by atoms with van der Waals surface area (Å²) in [6, 6.07) is 0. The number of unbranched alkanes of at least 4 members (excludes halogenated alkanes) is 15. The average Bonchev–Trinajstić information content (AvgIpc) is 3.31. The van der Waals surface area contributed by atoms with Gasteiger partial charge < -0.3 is 14.2 Å². The summed E-state index contributed by atoms with van der Waals surface area (Å²) in [6.45, 7) is 10.0. The summed E-state index contributed by atoms with van der Waals surface area (Å²) in [5.74, 6) is 0.912. The number of carbonyl (C=O) groups excluding carboxylic acids is 2. The third kappa shape index (κ3) is 11.4. The molecule has 0 N–H and O–H groups in total. The van der Waals surface area contributed by atoms with E-state index in [1.807, 2.05) is 20.8 Å². The van der Waals surface area contributed by atoms with Crippen LogP contribution in [0.15, 0.2) is 0 Å². The van der Waals surface area contributed by atoms with Gasteiger partial charge in [0.1, 0.15) is 17.6 Å². The Balaban J connectivity index is 1.48. The number of ether oxygens (including phenoxy) is 3. The molecule has 2 rings (SSSR count). The second-order valence-corrected chi connectivity index (χ2v) is 11.3. The average molecular weight is 531 g/mol. The Morgan fingerprint density at radius 3 is 1.74 bits per heavy atom. The number of carbonyl (C=O) groups is 2. The Bertz CT molecular complexity index is 860. The van der Waals surface area contributed by atoms with Gasteiger partial charge in [0.15, 0.2) is 0 Å². The van der Waals surface area contributed by atoms with Crippen molar-refractivity contribution in [1.29, 1.82) is 0 Å². The van der Waals surface area contributed by atoms with E-state index in [9.17, 15) is 9.59 Å². The zero-order valence-corrected chi connectivity index (χ0v) is 25.1. The van der Waals surface area contributed by atoms with Gasteiger partial charge in [-0.1, -0.05) is 103 Å². The number of hydrogen-bond acceptors (Lipinski definition) is 5. The molecule has 0 aromatic heterocycles. The maximum atomic E-state index is 12.4. The van der Waals surface area contributed by atoms with Crippen molar-refractivity contribution >= 4 is 11.9 Å². The van der Waals surface area contributed by atoms with Gasteiger partial charge in [-0.25, -0.2) is 0 Å². The molecule has 0 fully saturated rings. The normalized spacial score (nSPS) is 14.3. The van der Waals surface area contributed by atoms with Gasteiger partial charge in [0.05, 0.1) is 13.0 Å². The number of fused-ring (bicyclic) bond motifs is 1. The van der Waals surface area contributed by atoms with Crippen LogP contribution in [-0.2, 0) is 20.7 Å². The van der Waals surface area contributed by atoms with Gasteiger partial charge in [0.2, 0.25) is 0 Å². The van der Waals surface area contributed by atoms with E-state index in [2.05, 4.69) is 6.92 Å². The first kappa shape index (κ1) is 32.2. The van der Waals surface area contributed by atoms with Gasteiger partial charge in [-0.15, -0.1) is 0 Å². The summed E-state index contributed by atoms with van der Waals surface area (Å²) in [7, 11) is 0. The Labute approximate surface area is 232 Å². The van der Waals surface area contributed by atoms with Crippen molar-refractivity contribution in [2.24, 2.45) is 0 Å². The second kappa shape index (κ2) is 18.3. The minimum atomic E-state index is -0.330. The van der Waals surface area contributed by atoms with E-state index in [0.717, 1.165) is 40.8 Å². The molecule has 0 spiro atoms. The molecule has 0 bridgehead atoms. The molecule has 1 atom stereocenters. The van der Waals surface area contributed by atoms with Crippen LogP contribution < -0.4 is 9.47 Å². The van der Waals surface area contributed by atoms with Gasteiger partial charge in [-0.2, -0.15) is 0 Å². The highest BCUT2D eigenvalue weighted by atomic mass is 16.5. The molecular formula is C33H54O5. The number of hydrogen-bond donors (Lipinski definition) is 0. The van der Waals surface area contributed by atoms with Crippen molar-refractivity contribution in [2.45, 2.75) is 156 Å². The first-order valence-electron chi connectivity index (χ1n) is 15.5. The van der Waals surface area contributed by atoms with E-state index in [4.69, 9.17) is 14.2 Å². The van der Waals surface area contributed by atoms with Crippen molar-refractivity contribution < 1.29 is 23.8 Å². The van der Waals surface area contributed by atoms with Crippen LogP contribution in [-0.4, -0.2) is 24.6 Å². The van der Waals surface area contributed by atoms with Gasteiger partial charge in [-0.05, 0) is 43.9 Å². The van der Waals surface area contributed by atoms with Crippen LogP contribution in [0.25, 0.3) is 0 Å². The molecule has 0 radical (unpaired) electrons. The Morgan fingerprint density at radius 2 is 1.24 bits per heavy atom. The topological polar surface area (TPSA) is 61.8 Å². The molecular weight excluding hydrogens is 476 g/mol. The maximum absolute atomic E-state index is 12.4. The highest BCUT2D eigenvalue weighted by Crippen LogP contribution is 2.43. The summed E-state index contributed by atoms with van der Waals surface area (Å²) >= 11 is 0. The molecule has 1 unspecified atom stereocenters. The SMILES string of the molecule is CCCCCCCCCCCCCCCCCCOC(=O)CC1Cc2c(C)c(OC(C)=O)c(C)c(C)c2O1. The molecule has 38 heavy (non-hydrogen) atoms. The molecule has 0 amide bonds. The fourth-order valence-electron chi connectivity index (χ4n) is 5.49. The molecule has 1 aromatic rings. The molecule has 0 saturated carbocycles. The van der Waals surface area contributed by atoms with Crippen LogP contribution in [0.2, 0.25) is 0 Å². The van der Waals surface area contributed by atoms with E-state index < -0.39 is 0 Å². The minimum Gasteiger partial charge on any atom is -0.489 e. The van der Waals surface area contributed by atoms with Crippen LogP contribution in [0, 0.1) is 20.8 Å². The van der Waals surface area contributed by atoms with Gasteiger partial charge in [-0.3, -0.25) is 9.59 Å². The van der Waals surface area contributed by atoms with E-state index in [1.165, 1.54) is 96.8 Å². The predicted molar refractivity (Wildman–Crippen MR) is 155 cm³/mol. The zero-order chi connectivity index (χ0) is 27.8. The van der Waals surface area contributed by atoms with Crippen molar-refractivity contribution in [3.05, 3.63) is 22.3 Å². The van der Waals surface area contributed by atoms with Crippen molar-refractivity contribution in [3.63, 3.8) is 0 Å². The van der Waals surface area contributed by atoms with Crippen LogP contribution >= 0.6 is 0 Å². The van der Waals surface area contributed by atoms with Crippen LogP contribution in [0.3, 0.4) is 0 Å². The summed E-state index contributed by atoms with van der Waals surface area (Å²) < 4.78 is 17.1. The van der Waals surface area contributed by atoms with E-state index >= 15 is 0 Å². The molecule has 0 saturated heterocycles. The van der Waals surface area contributed by atoms with Gasteiger partial charge in [0.25, 0.3) is 0 Å². The lowest BCUT2D eigenvalue weighted by atomic mass is 9.95. The highest BCUT2D eigenvalue weighted by Gasteiger charge is 2.31. The summed E-state index contributed by atoms with van der Waals surface area (Å²) in [6.07, 6.45) is 21.9. The molecule has 1 aliphatic heterocycles. The van der Waals surface area contributed by atoms with E-state index in [1.54, 1.807) is 0 Å². The van der Waals surface area contributed by atoms with Crippen molar-refractivity contribution in [2.75, 3.05) is 6.61 Å². The Morgan fingerprint density at radius 1 is 0.737 bits per heavy atom. The number of rotatable bonds is 20. The van der Waals surface area contributed by atoms with Crippen LogP contribution in [0.5, 0.6) is 11.5 Å². The molecule has 216 valence electrons. The van der Waals surface area contributed by atoms with Crippen molar-refractivity contribution in [3.8, 4) is 11.5 Å². The fourth-order valence-corrected chi connectivity index (χ4v) is 5.49. The summed E-state index contributed by atoms with van der Waals surface area (Å²) in [4.78, 5) is 23.9. The largest absolute Gasteiger partial charge is 0.489 e. The molecule has 1 heterocycles. The fraction of sp³-hybridized carbons (Fsp3) is 0.758.